The molecule has 2 rings (SSSR count). The predicted octanol–water partition coefficient (Wildman–Crippen LogP) is 3.88. The van der Waals surface area contributed by atoms with Gasteiger partial charge < -0.3 is 10.1 Å². The van der Waals surface area contributed by atoms with E-state index in [9.17, 15) is 0 Å². The maximum atomic E-state index is 5.79. The molecule has 1 aromatic carbocycles. The normalized spacial score (nSPS) is 16.1. The first-order valence-electron chi connectivity index (χ1n) is 7.18. The van der Waals surface area contributed by atoms with Crippen molar-refractivity contribution in [1.82, 2.24) is 5.32 Å². The van der Waals surface area contributed by atoms with Crippen molar-refractivity contribution in [2.45, 2.75) is 33.6 Å². The summed E-state index contributed by atoms with van der Waals surface area (Å²) < 4.78 is 5.79. The van der Waals surface area contributed by atoms with Gasteiger partial charge in [0.1, 0.15) is 5.75 Å². The van der Waals surface area contributed by atoms with Crippen molar-refractivity contribution >= 4 is 5.57 Å². The summed E-state index contributed by atoms with van der Waals surface area (Å²) in [6.45, 7) is 9.57. The third-order valence-electron chi connectivity index (χ3n) is 3.41. The summed E-state index contributed by atoms with van der Waals surface area (Å²) in [5.74, 6) is 0.975. The molecule has 0 radical (unpaired) electrons. The first kappa shape index (κ1) is 14.1. The molecular weight excluding hydrogens is 234 g/mol. The van der Waals surface area contributed by atoms with Crippen LogP contribution in [0.4, 0.5) is 0 Å². The molecule has 0 atom stereocenters. The highest BCUT2D eigenvalue weighted by molar-refractivity contribution is 5.67. The van der Waals surface area contributed by atoms with Crippen LogP contribution in [0.15, 0.2) is 30.3 Å². The average Bonchev–Trinajstić information content (AvgIpc) is 2.39. The lowest BCUT2D eigenvalue weighted by molar-refractivity contribution is 0.243. The van der Waals surface area contributed by atoms with Gasteiger partial charge >= 0.3 is 0 Å². The van der Waals surface area contributed by atoms with Gasteiger partial charge in [-0.2, -0.15) is 0 Å². The first-order valence-corrected chi connectivity index (χ1v) is 7.18. The maximum Gasteiger partial charge on any atom is 0.119 e. The van der Waals surface area contributed by atoms with Crippen LogP contribution in [-0.2, 0) is 0 Å². The molecule has 19 heavy (non-hydrogen) atoms. The van der Waals surface area contributed by atoms with E-state index in [0.29, 0.717) is 5.41 Å². The van der Waals surface area contributed by atoms with Crippen LogP contribution in [0.5, 0.6) is 5.75 Å². The van der Waals surface area contributed by atoms with E-state index in [0.717, 1.165) is 38.3 Å². The largest absolute Gasteiger partial charge is 0.494 e. The summed E-state index contributed by atoms with van der Waals surface area (Å²) >= 11 is 0. The average molecular weight is 259 g/mol. The van der Waals surface area contributed by atoms with Crippen LogP contribution in [0.25, 0.3) is 5.57 Å². The molecular formula is C17H25NO. The molecule has 0 saturated carbocycles. The van der Waals surface area contributed by atoms with Gasteiger partial charge in [-0.15, -0.1) is 0 Å². The highest BCUT2D eigenvalue weighted by Gasteiger charge is 2.10. The topological polar surface area (TPSA) is 21.3 Å². The Morgan fingerprint density at radius 2 is 1.89 bits per heavy atom. The zero-order chi connectivity index (χ0) is 13.7. The van der Waals surface area contributed by atoms with Crippen molar-refractivity contribution in [3.63, 3.8) is 0 Å². The lowest BCUT2D eigenvalue weighted by Gasteiger charge is -2.18. The minimum Gasteiger partial charge on any atom is -0.494 e. The van der Waals surface area contributed by atoms with Gasteiger partial charge in [0.15, 0.2) is 0 Å². The van der Waals surface area contributed by atoms with Gasteiger partial charge in [-0.05, 0) is 48.1 Å². The molecule has 0 unspecified atom stereocenters. The van der Waals surface area contributed by atoms with Crippen molar-refractivity contribution in [1.29, 1.82) is 0 Å². The Hall–Kier alpha value is -1.28. The lowest BCUT2D eigenvalue weighted by Crippen LogP contribution is -2.19. The predicted molar refractivity (Wildman–Crippen MR) is 81.5 cm³/mol. The second kappa shape index (κ2) is 6.25. The quantitative estimate of drug-likeness (QED) is 0.886. The Labute approximate surface area is 116 Å². The Morgan fingerprint density at radius 1 is 1.16 bits per heavy atom. The second-order valence-corrected chi connectivity index (χ2v) is 6.37. The van der Waals surface area contributed by atoms with Crippen molar-refractivity contribution in [2.24, 2.45) is 5.41 Å². The van der Waals surface area contributed by atoms with Gasteiger partial charge in [0.2, 0.25) is 0 Å². The van der Waals surface area contributed by atoms with Gasteiger partial charge in [-0.1, -0.05) is 39.0 Å². The molecule has 0 aromatic heterocycles. The van der Waals surface area contributed by atoms with Crippen LogP contribution < -0.4 is 10.1 Å². The van der Waals surface area contributed by atoms with Gasteiger partial charge in [0.05, 0.1) is 6.61 Å². The van der Waals surface area contributed by atoms with Crippen molar-refractivity contribution in [2.75, 3.05) is 19.7 Å². The van der Waals surface area contributed by atoms with E-state index in [-0.39, 0.29) is 0 Å². The monoisotopic (exact) mass is 259 g/mol. The minimum atomic E-state index is 0.333. The molecule has 0 aliphatic carbocycles. The minimum absolute atomic E-state index is 0.333. The van der Waals surface area contributed by atoms with Crippen LogP contribution in [0.1, 0.15) is 39.2 Å². The van der Waals surface area contributed by atoms with E-state index in [1.165, 1.54) is 11.1 Å². The van der Waals surface area contributed by atoms with Crippen LogP contribution >= 0.6 is 0 Å². The summed E-state index contributed by atoms with van der Waals surface area (Å²) in [5.41, 5.74) is 3.10. The van der Waals surface area contributed by atoms with Crippen molar-refractivity contribution in [3.8, 4) is 5.75 Å². The summed E-state index contributed by atoms with van der Waals surface area (Å²) in [6.07, 6.45) is 4.47. The molecule has 0 amide bonds. The number of rotatable bonds is 4. The molecule has 0 bridgehead atoms. The molecule has 2 nitrogen and oxygen atoms in total. The van der Waals surface area contributed by atoms with Crippen LogP contribution in [-0.4, -0.2) is 19.7 Å². The smallest absolute Gasteiger partial charge is 0.119 e. The van der Waals surface area contributed by atoms with Gasteiger partial charge in [0.25, 0.3) is 0 Å². The van der Waals surface area contributed by atoms with Crippen molar-refractivity contribution < 1.29 is 4.74 Å². The van der Waals surface area contributed by atoms with E-state index >= 15 is 0 Å². The van der Waals surface area contributed by atoms with Gasteiger partial charge in [0, 0.05) is 6.54 Å². The lowest BCUT2D eigenvalue weighted by atomic mass is 9.93. The summed E-state index contributed by atoms with van der Waals surface area (Å²) in [4.78, 5) is 0. The summed E-state index contributed by atoms with van der Waals surface area (Å²) in [6, 6.07) is 8.51. The fraction of sp³-hybridized carbons (Fsp3) is 0.529. The van der Waals surface area contributed by atoms with Gasteiger partial charge in [-0.25, -0.2) is 0 Å². The van der Waals surface area contributed by atoms with E-state index in [1.807, 2.05) is 0 Å². The number of nitrogens with one attached hydrogen (secondary N) is 1. The van der Waals surface area contributed by atoms with E-state index in [1.54, 1.807) is 0 Å². The summed E-state index contributed by atoms with van der Waals surface area (Å²) in [5, 5.41) is 3.34. The fourth-order valence-electron chi connectivity index (χ4n) is 2.13. The van der Waals surface area contributed by atoms with Crippen LogP contribution in [0, 0.1) is 5.41 Å². The maximum absolute atomic E-state index is 5.79. The van der Waals surface area contributed by atoms with Crippen molar-refractivity contribution in [3.05, 3.63) is 35.9 Å². The number of ether oxygens (including phenoxy) is 1. The Balaban J connectivity index is 1.89. The third-order valence-corrected chi connectivity index (χ3v) is 3.41. The molecule has 0 fully saturated rings. The van der Waals surface area contributed by atoms with E-state index < -0.39 is 0 Å². The Bertz CT molecular complexity index is 426. The first-order chi connectivity index (χ1) is 9.04. The standard InChI is InChI=1S/C17H25NO/c1-17(2,3)10-13-19-16-6-4-14(5-7-16)15-8-11-18-12-9-15/h4-8,18H,9-13H2,1-3H3. The molecule has 104 valence electrons. The Morgan fingerprint density at radius 3 is 2.47 bits per heavy atom. The SMILES string of the molecule is CC(C)(C)CCOc1ccc(C2=CCNCC2)cc1. The molecule has 0 spiro atoms. The molecule has 1 N–H and O–H groups in total. The van der Waals surface area contributed by atoms with Crippen LogP contribution in [0.2, 0.25) is 0 Å². The highest BCUT2D eigenvalue weighted by Crippen LogP contribution is 2.23. The molecule has 1 aromatic rings. The Kier molecular flexibility index (Phi) is 4.65. The molecule has 1 heterocycles. The van der Waals surface area contributed by atoms with Gasteiger partial charge in [-0.3, -0.25) is 0 Å². The third kappa shape index (κ3) is 4.71. The molecule has 1 aliphatic heterocycles. The van der Waals surface area contributed by atoms with E-state index in [2.05, 4.69) is 56.4 Å². The number of benzene rings is 1. The number of hydrogen-bond donors (Lipinski definition) is 1. The molecule has 0 saturated heterocycles. The zero-order valence-corrected chi connectivity index (χ0v) is 12.3. The second-order valence-electron chi connectivity index (χ2n) is 6.37. The summed E-state index contributed by atoms with van der Waals surface area (Å²) in [7, 11) is 0. The van der Waals surface area contributed by atoms with Crippen LogP contribution in [0.3, 0.4) is 0 Å². The highest BCUT2D eigenvalue weighted by atomic mass is 16.5. The molecule has 1 aliphatic rings. The fourth-order valence-corrected chi connectivity index (χ4v) is 2.13. The molecule has 2 heteroatoms. The number of hydrogen-bond acceptors (Lipinski definition) is 2. The van der Waals surface area contributed by atoms with E-state index in [4.69, 9.17) is 4.74 Å². The zero-order valence-electron chi connectivity index (χ0n) is 12.3.